The molecule has 3 rings (SSSR count). The number of carbonyl (C=O) groups is 1. The molecule has 0 fully saturated rings. The van der Waals surface area contributed by atoms with E-state index in [1.807, 2.05) is 0 Å². The van der Waals surface area contributed by atoms with Crippen LogP contribution in [0.3, 0.4) is 0 Å². The fraction of sp³-hybridized carbons (Fsp3) is 0.118. The molecule has 0 saturated heterocycles. The molecule has 2 aromatic carbocycles. The van der Waals surface area contributed by atoms with Crippen molar-refractivity contribution in [2.24, 2.45) is 0 Å². The number of carbonyl (C=O) groups excluding carboxylic acids is 1. The second-order valence-electron chi connectivity index (χ2n) is 5.19. The number of rotatable bonds is 4. The van der Waals surface area contributed by atoms with Gasteiger partial charge in [0.05, 0.1) is 12.2 Å². The van der Waals surface area contributed by atoms with Gasteiger partial charge in [-0.05, 0) is 42.0 Å². The predicted octanol–water partition coefficient (Wildman–Crippen LogP) is 3.47. The van der Waals surface area contributed by atoms with Crippen molar-refractivity contribution in [2.45, 2.75) is 12.8 Å². The molecule has 1 aromatic heterocycles. The maximum Gasteiger partial charge on any atom is 0.471 e. The zero-order chi connectivity index (χ0) is 18.7. The summed E-state index contributed by atoms with van der Waals surface area (Å²) in [6.07, 6.45) is -4.72. The van der Waals surface area contributed by atoms with Crippen molar-refractivity contribution in [3.05, 3.63) is 65.5 Å². The highest BCUT2D eigenvalue weighted by molar-refractivity contribution is 5.91. The Morgan fingerprint density at radius 3 is 2.50 bits per heavy atom. The van der Waals surface area contributed by atoms with Crippen molar-refractivity contribution in [1.29, 1.82) is 0 Å². The van der Waals surface area contributed by atoms with Crippen LogP contribution in [0.25, 0.3) is 11.4 Å². The van der Waals surface area contributed by atoms with Crippen LogP contribution in [0, 0.1) is 0 Å². The van der Waals surface area contributed by atoms with Crippen molar-refractivity contribution in [3.63, 3.8) is 0 Å². The van der Waals surface area contributed by atoms with Gasteiger partial charge in [0, 0.05) is 5.56 Å². The van der Waals surface area contributed by atoms with E-state index in [9.17, 15) is 18.0 Å². The molecule has 0 atom stereocenters. The number of hydrogen-bond donors (Lipinski definition) is 1. The molecule has 3 aromatic rings. The first-order valence-corrected chi connectivity index (χ1v) is 7.30. The smallest absolute Gasteiger partial charge is 0.423 e. The molecule has 9 heteroatoms. The van der Waals surface area contributed by atoms with Crippen LogP contribution in [0.4, 0.5) is 13.2 Å². The molecule has 0 saturated carbocycles. The van der Waals surface area contributed by atoms with Crippen LogP contribution in [0.5, 0.6) is 5.75 Å². The van der Waals surface area contributed by atoms with Gasteiger partial charge in [-0.1, -0.05) is 17.3 Å². The van der Waals surface area contributed by atoms with Gasteiger partial charge in [-0.15, -0.1) is 0 Å². The summed E-state index contributed by atoms with van der Waals surface area (Å²) in [6.45, 7) is -0.208. The molecular formula is C17H11F3N2O4. The van der Waals surface area contributed by atoms with E-state index in [1.165, 1.54) is 36.4 Å². The quantitative estimate of drug-likeness (QED) is 0.564. The second kappa shape index (κ2) is 6.96. The van der Waals surface area contributed by atoms with Crippen molar-refractivity contribution in [2.75, 3.05) is 0 Å². The zero-order valence-electron chi connectivity index (χ0n) is 13.0. The van der Waals surface area contributed by atoms with Gasteiger partial charge in [-0.25, -0.2) is 4.79 Å². The lowest BCUT2D eigenvalue weighted by atomic mass is 10.1. The van der Waals surface area contributed by atoms with Gasteiger partial charge in [0.25, 0.3) is 0 Å². The molecule has 0 amide bonds. The number of alkyl halides is 3. The highest BCUT2D eigenvalue weighted by atomic mass is 19.4. The van der Waals surface area contributed by atoms with Crippen LogP contribution in [0.1, 0.15) is 21.8 Å². The summed E-state index contributed by atoms with van der Waals surface area (Å²) in [4.78, 5) is 15.4. The van der Waals surface area contributed by atoms with Gasteiger partial charge in [0.1, 0.15) is 5.75 Å². The number of ether oxygens (including phenoxy) is 1. The molecule has 134 valence electrons. The molecule has 6 nitrogen and oxygen atoms in total. The maximum atomic E-state index is 12.5. The highest BCUT2D eigenvalue weighted by Crippen LogP contribution is 2.29. The van der Waals surface area contributed by atoms with Gasteiger partial charge in [-0.2, -0.15) is 18.2 Å². The fourth-order valence-corrected chi connectivity index (χ4v) is 2.09. The average Bonchev–Trinajstić information content (AvgIpc) is 3.13. The minimum atomic E-state index is -4.72. The van der Waals surface area contributed by atoms with Gasteiger partial charge in [-0.3, -0.25) is 0 Å². The van der Waals surface area contributed by atoms with Gasteiger partial charge >= 0.3 is 18.0 Å². The third kappa shape index (κ3) is 3.89. The lowest BCUT2D eigenvalue weighted by Crippen LogP contribution is -2.08. The third-order valence-corrected chi connectivity index (χ3v) is 3.34. The van der Waals surface area contributed by atoms with E-state index < -0.39 is 18.0 Å². The van der Waals surface area contributed by atoms with E-state index >= 15 is 0 Å². The summed E-state index contributed by atoms with van der Waals surface area (Å²) in [5, 5.41) is 12.4. The molecule has 26 heavy (non-hydrogen) atoms. The fourth-order valence-electron chi connectivity index (χ4n) is 2.09. The van der Waals surface area contributed by atoms with E-state index in [0.29, 0.717) is 5.56 Å². The number of aliphatic hydroxyl groups excluding tert-OH is 1. The first-order valence-electron chi connectivity index (χ1n) is 7.30. The Balaban J connectivity index is 1.73. The number of aliphatic hydroxyl groups is 1. The number of aromatic nitrogens is 2. The highest BCUT2D eigenvalue weighted by Gasteiger charge is 2.38. The van der Waals surface area contributed by atoms with E-state index in [0.717, 1.165) is 0 Å². The molecular weight excluding hydrogens is 353 g/mol. The topological polar surface area (TPSA) is 85.5 Å². The monoisotopic (exact) mass is 364 g/mol. The Labute approximate surface area is 144 Å². The number of hydrogen-bond acceptors (Lipinski definition) is 6. The Hall–Kier alpha value is -3.20. The Bertz CT molecular complexity index is 920. The summed E-state index contributed by atoms with van der Waals surface area (Å²) in [5.74, 6) is -2.11. The van der Waals surface area contributed by atoms with E-state index in [2.05, 4.69) is 14.7 Å². The molecule has 0 aliphatic heterocycles. The minimum Gasteiger partial charge on any atom is -0.423 e. The SMILES string of the molecule is O=C(Oc1ccc(-c2noc(C(F)(F)F)n2)cc1)c1cccc(CO)c1. The normalized spacial score (nSPS) is 11.4. The first-order chi connectivity index (χ1) is 12.4. The molecule has 1 N–H and O–H groups in total. The molecule has 0 aliphatic rings. The first kappa shape index (κ1) is 17.6. The minimum absolute atomic E-state index is 0.188. The van der Waals surface area contributed by atoms with Crippen molar-refractivity contribution >= 4 is 5.97 Å². The van der Waals surface area contributed by atoms with Crippen LogP contribution in [-0.4, -0.2) is 21.2 Å². The van der Waals surface area contributed by atoms with Gasteiger partial charge < -0.3 is 14.4 Å². The van der Waals surface area contributed by atoms with E-state index in [1.54, 1.807) is 12.1 Å². The average molecular weight is 364 g/mol. The summed E-state index contributed by atoms with van der Waals surface area (Å²) in [5.41, 5.74) is 1.09. The number of benzene rings is 2. The second-order valence-corrected chi connectivity index (χ2v) is 5.19. The van der Waals surface area contributed by atoms with Crippen LogP contribution in [0.15, 0.2) is 53.1 Å². The lowest BCUT2D eigenvalue weighted by molar-refractivity contribution is -0.159. The van der Waals surface area contributed by atoms with Gasteiger partial charge in [0.15, 0.2) is 0 Å². The third-order valence-electron chi connectivity index (χ3n) is 3.34. The molecule has 0 bridgehead atoms. The van der Waals surface area contributed by atoms with Crippen LogP contribution in [-0.2, 0) is 12.8 Å². The summed E-state index contributed by atoms with van der Waals surface area (Å²) >= 11 is 0. The molecule has 0 unspecified atom stereocenters. The standard InChI is InChI=1S/C17H11F3N2O4/c18-17(19,20)16-21-14(22-26-16)11-4-6-13(7-5-11)25-15(24)12-3-1-2-10(8-12)9-23/h1-8,23H,9H2. The number of esters is 1. The van der Waals surface area contributed by atoms with E-state index in [4.69, 9.17) is 9.84 Å². The van der Waals surface area contributed by atoms with Crippen LogP contribution < -0.4 is 4.74 Å². The number of halogens is 3. The van der Waals surface area contributed by atoms with Crippen LogP contribution >= 0.6 is 0 Å². The van der Waals surface area contributed by atoms with Crippen LogP contribution in [0.2, 0.25) is 0 Å². The van der Waals surface area contributed by atoms with Crippen molar-refractivity contribution < 1.29 is 32.3 Å². The maximum absolute atomic E-state index is 12.5. The summed E-state index contributed by atoms with van der Waals surface area (Å²) < 4.78 is 46.8. The Morgan fingerprint density at radius 1 is 1.15 bits per heavy atom. The number of nitrogens with zero attached hydrogens (tertiary/aromatic N) is 2. The summed E-state index contributed by atoms with van der Waals surface area (Å²) in [7, 11) is 0. The molecule has 0 spiro atoms. The molecule has 0 aliphatic carbocycles. The largest absolute Gasteiger partial charge is 0.471 e. The predicted molar refractivity (Wildman–Crippen MR) is 82.1 cm³/mol. The van der Waals surface area contributed by atoms with Gasteiger partial charge in [0.2, 0.25) is 5.82 Å². The van der Waals surface area contributed by atoms with E-state index in [-0.39, 0.29) is 29.3 Å². The molecule has 0 radical (unpaired) electrons. The zero-order valence-corrected chi connectivity index (χ0v) is 13.0. The summed E-state index contributed by atoms with van der Waals surface area (Å²) in [6, 6.07) is 11.9. The Morgan fingerprint density at radius 2 is 1.88 bits per heavy atom. The lowest BCUT2D eigenvalue weighted by Gasteiger charge is -2.06. The van der Waals surface area contributed by atoms with Crippen molar-refractivity contribution in [3.8, 4) is 17.1 Å². The Kier molecular flexibility index (Phi) is 4.72. The molecule has 1 heterocycles. The van der Waals surface area contributed by atoms with Crippen molar-refractivity contribution in [1.82, 2.24) is 10.1 Å².